The van der Waals surface area contributed by atoms with Gasteiger partial charge in [-0.25, -0.2) is 4.39 Å². The first kappa shape index (κ1) is 15.3. The average molecular weight is 352 g/mol. The summed E-state index contributed by atoms with van der Waals surface area (Å²) >= 11 is 3.29. The van der Waals surface area contributed by atoms with Crippen molar-refractivity contribution in [3.63, 3.8) is 0 Å². The minimum Gasteiger partial charge on any atom is -0.397 e. The fraction of sp³-hybridized carbons (Fsp3) is 0.133. The third-order valence-corrected chi connectivity index (χ3v) is 3.40. The van der Waals surface area contributed by atoms with Crippen LogP contribution in [0.1, 0.15) is 10.4 Å². The van der Waals surface area contributed by atoms with Crippen molar-refractivity contribution >= 4 is 38.9 Å². The van der Waals surface area contributed by atoms with Crippen LogP contribution >= 0.6 is 15.9 Å². The zero-order valence-electron chi connectivity index (χ0n) is 11.7. The molecule has 0 aliphatic carbocycles. The van der Waals surface area contributed by atoms with Crippen LogP contribution in [0.3, 0.4) is 0 Å². The zero-order valence-corrected chi connectivity index (χ0v) is 13.2. The smallest absolute Gasteiger partial charge is 0.253 e. The van der Waals surface area contributed by atoms with Gasteiger partial charge in [0.25, 0.3) is 5.91 Å². The van der Waals surface area contributed by atoms with Crippen molar-refractivity contribution in [3.8, 4) is 0 Å². The second-order valence-corrected chi connectivity index (χ2v) is 5.67. The third kappa shape index (κ3) is 3.52. The Labute approximate surface area is 130 Å². The number of hydrogen-bond acceptors (Lipinski definition) is 3. The highest BCUT2D eigenvalue weighted by atomic mass is 79.9. The number of halogens is 2. The molecule has 2 aromatic carbocycles. The fourth-order valence-corrected chi connectivity index (χ4v) is 2.17. The van der Waals surface area contributed by atoms with Crippen LogP contribution in [0.4, 0.5) is 21.5 Å². The number of nitrogen functional groups attached to an aromatic ring is 1. The Kier molecular flexibility index (Phi) is 4.47. The number of anilines is 3. The molecule has 0 bridgehead atoms. The number of amides is 1. The van der Waals surface area contributed by atoms with E-state index in [0.29, 0.717) is 22.6 Å². The van der Waals surface area contributed by atoms with Gasteiger partial charge in [0.1, 0.15) is 5.82 Å². The molecule has 0 aliphatic rings. The summed E-state index contributed by atoms with van der Waals surface area (Å²) in [5, 5.41) is 2.92. The molecule has 0 atom stereocenters. The van der Waals surface area contributed by atoms with Gasteiger partial charge >= 0.3 is 0 Å². The van der Waals surface area contributed by atoms with Crippen LogP contribution in [0.5, 0.6) is 0 Å². The van der Waals surface area contributed by atoms with Crippen molar-refractivity contribution in [3.05, 3.63) is 52.3 Å². The molecule has 0 unspecified atom stereocenters. The minimum absolute atomic E-state index is 0.137. The first-order chi connectivity index (χ1) is 9.88. The highest BCUT2D eigenvalue weighted by molar-refractivity contribution is 9.10. The number of nitrogens with one attached hydrogen (secondary N) is 1. The summed E-state index contributed by atoms with van der Waals surface area (Å²) in [6.07, 6.45) is 0. The fourth-order valence-electron chi connectivity index (χ4n) is 1.81. The van der Waals surface area contributed by atoms with Gasteiger partial charge in [0.15, 0.2) is 0 Å². The predicted molar refractivity (Wildman–Crippen MR) is 86.3 cm³/mol. The molecule has 0 saturated heterocycles. The number of carbonyl (C=O) groups is 1. The first-order valence-electron chi connectivity index (χ1n) is 6.21. The van der Waals surface area contributed by atoms with Gasteiger partial charge in [0.2, 0.25) is 0 Å². The molecule has 0 radical (unpaired) electrons. The molecule has 6 heteroatoms. The molecule has 0 aromatic heterocycles. The standard InChI is InChI=1S/C15H15BrFN3O/c1-20(2)15(21)9-3-6-13(12(18)7-9)19-14-8-10(16)4-5-11(14)17/h3-8,19H,18H2,1-2H3. The number of benzene rings is 2. The van der Waals surface area contributed by atoms with Gasteiger partial charge in [-0.2, -0.15) is 0 Å². The third-order valence-electron chi connectivity index (χ3n) is 2.90. The van der Waals surface area contributed by atoms with Crippen molar-refractivity contribution in [1.29, 1.82) is 0 Å². The number of nitrogens with two attached hydrogens (primary N) is 1. The van der Waals surface area contributed by atoms with E-state index in [1.807, 2.05) is 0 Å². The van der Waals surface area contributed by atoms with Crippen molar-refractivity contribution < 1.29 is 9.18 Å². The molecule has 0 heterocycles. The lowest BCUT2D eigenvalue weighted by molar-refractivity contribution is 0.0827. The average Bonchev–Trinajstić information content (AvgIpc) is 2.44. The number of hydrogen-bond donors (Lipinski definition) is 2. The van der Waals surface area contributed by atoms with Crippen molar-refractivity contribution in [2.45, 2.75) is 0 Å². The Morgan fingerprint density at radius 1 is 1.19 bits per heavy atom. The van der Waals surface area contributed by atoms with Gasteiger partial charge in [0.05, 0.1) is 17.1 Å². The molecule has 0 spiro atoms. The molecule has 0 fully saturated rings. The number of carbonyl (C=O) groups excluding carboxylic acids is 1. The van der Waals surface area contributed by atoms with Crippen LogP contribution < -0.4 is 11.1 Å². The first-order valence-corrected chi connectivity index (χ1v) is 7.01. The summed E-state index contributed by atoms with van der Waals surface area (Å²) in [6.45, 7) is 0. The summed E-state index contributed by atoms with van der Waals surface area (Å²) in [5.41, 5.74) is 7.64. The Balaban J connectivity index is 2.30. The van der Waals surface area contributed by atoms with Crippen LogP contribution in [-0.2, 0) is 0 Å². The SMILES string of the molecule is CN(C)C(=O)c1ccc(Nc2cc(Br)ccc2F)c(N)c1. The van der Waals surface area contributed by atoms with Gasteiger partial charge in [-0.05, 0) is 36.4 Å². The second kappa shape index (κ2) is 6.13. The van der Waals surface area contributed by atoms with Crippen molar-refractivity contribution in [2.75, 3.05) is 25.1 Å². The topological polar surface area (TPSA) is 58.4 Å². The maximum absolute atomic E-state index is 13.7. The van der Waals surface area contributed by atoms with Gasteiger partial charge in [0, 0.05) is 24.1 Å². The second-order valence-electron chi connectivity index (χ2n) is 4.75. The van der Waals surface area contributed by atoms with E-state index in [0.717, 1.165) is 4.47 Å². The molecule has 4 nitrogen and oxygen atoms in total. The number of rotatable bonds is 3. The lowest BCUT2D eigenvalue weighted by atomic mass is 10.1. The van der Waals surface area contributed by atoms with Crippen LogP contribution in [0, 0.1) is 5.82 Å². The molecular weight excluding hydrogens is 337 g/mol. The van der Waals surface area contributed by atoms with E-state index in [2.05, 4.69) is 21.2 Å². The lowest BCUT2D eigenvalue weighted by Crippen LogP contribution is -2.21. The summed E-state index contributed by atoms with van der Waals surface area (Å²) in [7, 11) is 3.34. The summed E-state index contributed by atoms with van der Waals surface area (Å²) in [4.78, 5) is 13.3. The molecule has 0 aliphatic heterocycles. The summed E-state index contributed by atoms with van der Waals surface area (Å²) in [5.74, 6) is -0.520. The highest BCUT2D eigenvalue weighted by Crippen LogP contribution is 2.28. The molecule has 0 saturated carbocycles. The van der Waals surface area contributed by atoms with E-state index < -0.39 is 0 Å². The maximum atomic E-state index is 13.7. The van der Waals surface area contributed by atoms with E-state index >= 15 is 0 Å². The Bertz CT molecular complexity index is 689. The normalized spacial score (nSPS) is 10.3. The van der Waals surface area contributed by atoms with Gasteiger partial charge in [-0.15, -0.1) is 0 Å². The van der Waals surface area contributed by atoms with E-state index in [9.17, 15) is 9.18 Å². The Hall–Kier alpha value is -2.08. The molecule has 3 N–H and O–H groups in total. The van der Waals surface area contributed by atoms with Crippen LogP contribution in [0.2, 0.25) is 0 Å². The lowest BCUT2D eigenvalue weighted by Gasteiger charge is -2.14. The predicted octanol–water partition coefficient (Wildman–Crippen LogP) is 3.62. The molecular formula is C15H15BrFN3O. The Morgan fingerprint density at radius 2 is 1.90 bits per heavy atom. The van der Waals surface area contributed by atoms with Crippen LogP contribution in [0.25, 0.3) is 0 Å². The van der Waals surface area contributed by atoms with E-state index in [1.165, 1.54) is 11.0 Å². The molecule has 2 rings (SSSR count). The van der Waals surface area contributed by atoms with Gasteiger partial charge in [-0.3, -0.25) is 4.79 Å². The van der Waals surface area contributed by atoms with Crippen molar-refractivity contribution in [1.82, 2.24) is 4.90 Å². The summed E-state index contributed by atoms with van der Waals surface area (Å²) < 4.78 is 14.5. The Morgan fingerprint density at radius 3 is 2.52 bits per heavy atom. The van der Waals surface area contributed by atoms with Crippen LogP contribution in [0.15, 0.2) is 40.9 Å². The monoisotopic (exact) mass is 351 g/mol. The molecule has 110 valence electrons. The zero-order chi connectivity index (χ0) is 15.6. The van der Waals surface area contributed by atoms with Crippen molar-refractivity contribution in [2.24, 2.45) is 0 Å². The maximum Gasteiger partial charge on any atom is 0.253 e. The quantitative estimate of drug-likeness (QED) is 0.830. The van der Waals surface area contributed by atoms with Crippen LogP contribution in [-0.4, -0.2) is 24.9 Å². The van der Waals surface area contributed by atoms with E-state index in [4.69, 9.17) is 5.73 Å². The van der Waals surface area contributed by atoms with E-state index in [-0.39, 0.29) is 11.7 Å². The van der Waals surface area contributed by atoms with E-state index in [1.54, 1.807) is 44.4 Å². The van der Waals surface area contributed by atoms with Gasteiger partial charge < -0.3 is 16.0 Å². The van der Waals surface area contributed by atoms with Gasteiger partial charge in [-0.1, -0.05) is 15.9 Å². The minimum atomic E-state index is -0.383. The highest BCUT2D eigenvalue weighted by Gasteiger charge is 2.11. The summed E-state index contributed by atoms with van der Waals surface area (Å²) in [6, 6.07) is 9.47. The largest absolute Gasteiger partial charge is 0.397 e. The molecule has 2 aromatic rings. The molecule has 21 heavy (non-hydrogen) atoms. The number of nitrogens with zero attached hydrogens (tertiary/aromatic N) is 1. The molecule has 1 amide bonds.